The van der Waals surface area contributed by atoms with Crippen LogP contribution in [0.1, 0.15) is 16.9 Å². The van der Waals surface area contributed by atoms with E-state index in [9.17, 15) is 4.79 Å². The topological polar surface area (TPSA) is 46.1 Å². The van der Waals surface area contributed by atoms with Gasteiger partial charge < -0.3 is 15.2 Å². The Balaban J connectivity index is 1.97. The maximum absolute atomic E-state index is 12.4. The summed E-state index contributed by atoms with van der Waals surface area (Å²) >= 11 is 12.2. The van der Waals surface area contributed by atoms with Crippen LogP contribution in [0.25, 0.3) is 10.9 Å². The van der Waals surface area contributed by atoms with Crippen molar-refractivity contribution in [3.63, 3.8) is 0 Å². The molecule has 1 atom stereocenters. The maximum atomic E-state index is 12.4. The van der Waals surface area contributed by atoms with Gasteiger partial charge in [0, 0.05) is 30.5 Å². The van der Waals surface area contributed by atoms with Crippen LogP contribution in [0.15, 0.2) is 18.2 Å². The summed E-state index contributed by atoms with van der Waals surface area (Å²) in [6.45, 7) is 1.77. The van der Waals surface area contributed by atoms with E-state index in [2.05, 4.69) is 10.6 Å². The van der Waals surface area contributed by atoms with Crippen LogP contribution in [-0.2, 0) is 7.05 Å². The molecule has 1 unspecified atom stereocenters. The lowest BCUT2D eigenvalue weighted by Crippen LogP contribution is -2.37. The molecule has 0 aliphatic carbocycles. The number of amides is 1. The van der Waals surface area contributed by atoms with E-state index in [4.69, 9.17) is 23.2 Å². The van der Waals surface area contributed by atoms with E-state index in [1.165, 1.54) is 0 Å². The van der Waals surface area contributed by atoms with Crippen LogP contribution in [0, 0.1) is 0 Å². The molecular weight excluding hydrogens is 297 g/mol. The monoisotopic (exact) mass is 311 g/mol. The van der Waals surface area contributed by atoms with Gasteiger partial charge in [-0.2, -0.15) is 0 Å². The van der Waals surface area contributed by atoms with E-state index in [-0.39, 0.29) is 11.9 Å². The molecule has 1 saturated heterocycles. The number of nitrogens with one attached hydrogen (secondary N) is 2. The fourth-order valence-corrected chi connectivity index (χ4v) is 2.98. The first-order valence-corrected chi connectivity index (χ1v) is 7.28. The first kappa shape index (κ1) is 13.7. The third kappa shape index (κ3) is 2.28. The van der Waals surface area contributed by atoms with Crippen LogP contribution in [0.4, 0.5) is 0 Å². The zero-order valence-electron chi connectivity index (χ0n) is 11.0. The van der Waals surface area contributed by atoms with Crippen molar-refractivity contribution in [3.8, 4) is 0 Å². The molecule has 2 aromatic rings. The fraction of sp³-hybridized carbons (Fsp3) is 0.357. The Morgan fingerprint density at radius 2 is 2.25 bits per heavy atom. The van der Waals surface area contributed by atoms with Gasteiger partial charge >= 0.3 is 0 Å². The van der Waals surface area contributed by atoms with Gasteiger partial charge in [0.1, 0.15) is 5.69 Å². The van der Waals surface area contributed by atoms with Crippen LogP contribution < -0.4 is 10.6 Å². The zero-order chi connectivity index (χ0) is 14.3. The van der Waals surface area contributed by atoms with Crippen molar-refractivity contribution in [2.45, 2.75) is 12.5 Å². The molecule has 1 aromatic heterocycles. The van der Waals surface area contributed by atoms with Crippen LogP contribution >= 0.6 is 23.2 Å². The average Bonchev–Trinajstić information content (AvgIpc) is 3.03. The Bertz CT molecular complexity index is 675. The molecule has 20 heavy (non-hydrogen) atoms. The highest BCUT2D eigenvalue weighted by Crippen LogP contribution is 2.32. The molecule has 6 heteroatoms. The third-order valence-corrected chi connectivity index (χ3v) is 4.56. The van der Waals surface area contributed by atoms with E-state index in [0.717, 1.165) is 30.4 Å². The maximum Gasteiger partial charge on any atom is 0.268 e. The summed E-state index contributed by atoms with van der Waals surface area (Å²) < 4.78 is 1.84. The van der Waals surface area contributed by atoms with Gasteiger partial charge in [-0.05, 0) is 31.2 Å². The Hall–Kier alpha value is -1.23. The summed E-state index contributed by atoms with van der Waals surface area (Å²) in [6.07, 6.45) is 0.961. The fourth-order valence-electron chi connectivity index (χ4n) is 2.60. The summed E-state index contributed by atoms with van der Waals surface area (Å²) in [5, 5.41) is 8.05. The molecule has 0 bridgehead atoms. The lowest BCUT2D eigenvalue weighted by Gasteiger charge is -2.11. The quantitative estimate of drug-likeness (QED) is 0.895. The van der Waals surface area contributed by atoms with Crippen molar-refractivity contribution in [2.24, 2.45) is 7.05 Å². The number of carbonyl (C=O) groups excluding carboxylic acids is 1. The number of halogens is 2. The molecule has 0 saturated carbocycles. The second-order valence-electron chi connectivity index (χ2n) is 5.05. The first-order chi connectivity index (χ1) is 9.58. The average molecular weight is 312 g/mol. The molecule has 1 fully saturated rings. The van der Waals surface area contributed by atoms with Crippen LogP contribution in [0.2, 0.25) is 10.0 Å². The summed E-state index contributed by atoms with van der Waals surface area (Å²) in [6, 6.07) is 5.60. The van der Waals surface area contributed by atoms with E-state index >= 15 is 0 Å². The SMILES string of the molecule is Cn1c(C(=O)NC2CCNC2)cc2c(Cl)c(Cl)ccc21. The number of aryl methyl sites for hydroxylation is 1. The number of nitrogens with zero attached hydrogens (tertiary/aromatic N) is 1. The lowest BCUT2D eigenvalue weighted by molar-refractivity contribution is 0.0932. The molecule has 1 aromatic carbocycles. The molecule has 1 amide bonds. The second-order valence-corrected chi connectivity index (χ2v) is 5.83. The van der Waals surface area contributed by atoms with Crippen LogP contribution in [0.3, 0.4) is 0 Å². The zero-order valence-corrected chi connectivity index (χ0v) is 12.6. The van der Waals surface area contributed by atoms with E-state index < -0.39 is 0 Å². The lowest BCUT2D eigenvalue weighted by atomic mass is 10.2. The summed E-state index contributed by atoms with van der Waals surface area (Å²) in [7, 11) is 1.86. The molecule has 106 valence electrons. The van der Waals surface area contributed by atoms with Crippen molar-refractivity contribution < 1.29 is 4.79 Å². The minimum Gasteiger partial charge on any atom is -0.347 e. The minimum atomic E-state index is -0.0791. The Kier molecular flexibility index (Phi) is 3.63. The summed E-state index contributed by atoms with van der Waals surface area (Å²) in [5.74, 6) is -0.0791. The van der Waals surface area contributed by atoms with Gasteiger partial charge in [-0.15, -0.1) is 0 Å². The standard InChI is InChI=1S/C14H15Cl2N3O/c1-19-11-3-2-10(15)13(16)9(11)6-12(19)14(20)18-8-4-5-17-7-8/h2-3,6,8,17H,4-5,7H2,1H3,(H,18,20). The van der Waals surface area contributed by atoms with E-state index in [0.29, 0.717) is 15.7 Å². The van der Waals surface area contributed by atoms with E-state index in [1.54, 1.807) is 12.1 Å². The number of aromatic nitrogens is 1. The summed E-state index contributed by atoms with van der Waals surface area (Å²) in [4.78, 5) is 12.4. The number of hydrogen-bond donors (Lipinski definition) is 2. The summed E-state index contributed by atoms with van der Waals surface area (Å²) in [5.41, 5.74) is 1.49. The second kappa shape index (κ2) is 5.28. The van der Waals surface area contributed by atoms with Crippen LogP contribution in [-0.4, -0.2) is 29.6 Å². The van der Waals surface area contributed by atoms with Gasteiger partial charge in [-0.3, -0.25) is 4.79 Å². The first-order valence-electron chi connectivity index (χ1n) is 6.53. The van der Waals surface area contributed by atoms with Gasteiger partial charge in [0.15, 0.2) is 0 Å². The van der Waals surface area contributed by atoms with Crippen molar-refractivity contribution in [1.82, 2.24) is 15.2 Å². The Labute approximate surface area is 127 Å². The predicted octanol–water partition coefficient (Wildman–Crippen LogP) is 2.58. The van der Waals surface area contributed by atoms with Gasteiger partial charge in [-0.25, -0.2) is 0 Å². The molecule has 3 rings (SSSR count). The van der Waals surface area contributed by atoms with Gasteiger partial charge in [0.25, 0.3) is 5.91 Å². The highest BCUT2D eigenvalue weighted by atomic mass is 35.5. The van der Waals surface area contributed by atoms with Gasteiger partial charge in [0.05, 0.1) is 10.0 Å². The normalized spacial score (nSPS) is 18.6. The van der Waals surface area contributed by atoms with Gasteiger partial charge in [0.2, 0.25) is 0 Å². The number of hydrogen-bond acceptors (Lipinski definition) is 2. The molecule has 2 heterocycles. The minimum absolute atomic E-state index is 0.0791. The van der Waals surface area contributed by atoms with Gasteiger partial charge in [-0.1, -0.05) is 23.2 Å². The molecule has 1 aliphatic rings. The molecule has 2 N–H and O–H groups in total. The van der Waals surface area contributed by atoms with Crippen molar-refractivity contribution in [3.05, 3.63) is 33.9 Å². The number of carbonyl (C=O) groups is 1. The predicted molar refractivity (Wildman–Crippen MR) is 81.7 cm³/mol. The Morgan fingerprint density at radius 3 is 2.95 bits per heavy atom. The van der Waals surface area contributed by atoms with Crippen molar-refractivity contribution >= 4 is 40.0 Å². The number of rotatable bonds is 2. The Morgan fingerprint density at radius 1 is 1.45 bits per heavy atom. The molecular formula is C14H15Cl2N3O. The highest BCUT2D eigenvalue weighted by molar-refractivity contribution is 6.45. The molecule has 4 nitrogen and oxygen atoms in total. The van der Waals surface area contributed by atoms with Crippen molar-refractivity contribution in [1.29, 1.82) is 0 Å². The number of fused-ring (bicyclic) bond motifs is 1. The van der Waals surface area contributed by atoms with E-state index in [1.807, 2.05) is 17.7 Å². The van der Waals surface area contributed by atoms with Crippen molar-refractivity contribution in [2.75, 3.05) is 13.1 Å². The number of benzene rings is 1. The highest BCUT2D eigenvalue weighted by Gasteiger charge is 2.21. The smallest absolute Gasteiger partial charge is 0.268 e. The third-order valence-electron chi connectivity index (χ3n) is 3.74. The molecule has 1 aliphatic heterocycles. The molecule has 0 spiro atoms. The van der Waals surface area contributed by atoms with Crippen LogP contribution in [0.5, 0.6) is 0 Å². The largest absolute Gasteiger partial charge is 0.347 e. The molecule has 0 radical (unpaired) electrons.